The summed E-state index contributed by atoms with van der Waals surface area (Å²) in [4.78, 5) is 11.3. The van der Waals surface area contributed by atoms with E-state index in [0.717, 1.165) is 38.6 Å². The van der Waals surface area contributed by atoms with Gasteiger partial charge in [-0.3, -0.25) is 4.79 Å². The van der Waals surface area contributed by atoms with Gasteiger partial charge >= 0.3 is 5.97 Å². The number of methoxy groups -OCH3 is 1. The van der Waals surface area contributed by atoms with Gasteiger partial charge in [-0.05, 0) is 25.8 Å². The average molecular weight is 261 g/mol. The van der Waals surface area contributed by atoms with Crippen LogP contribution in [0.15, 0.2) is 0 Å². The molecule has 0 amide bonds. The molecule has 0 saturated heterocycles. The smallest absolute Gasteiger partial charge is 0.305 e. The molecule has 2 N–H and O–H groups in total. The first-order valence-corrected chi connectivity index (χ1v) is 6.73. The molecule has 108 valence electrons. The minimum Gasteiger partial charge on any atom is -0.463 e. The summed E-state index contributed by atoms with van der Waals surface area (Å²) >= 11 is 0. The lowest BCUT2D eigenvalue weighted by molar-refractivity contribution is -0.145. The van der Waals surface area contributed by atoms with Crippen molar-refractivity contribution in [2.24, 2.45) is 5.73 Å². The van der Waals surface area contributed by atoms with Crippen LogP contribution < -0.4 is 5.73 Å². The molecule has 0 aliphatic rings. The number of ether oxygens (including phenoxy) is 3. The fourth-order valence-corrected chi connectivity index (χ4v) is 1.46. The number of nitrogens with two attached hydrogens (primary N) is 1. The Balaban J connectivity index is 3.12. The zero-order chi connectivity index (χ0) is 13.5. The van der Waals surface area contributed by atoms with Gasteiger partial charge < -0.3 is 19.9 Å². The Morgan fingerprint density at radius 1 is 0.944 bits per heavy atom. The summed E-state index contributed by atoms with van der Waals surface area (Å²) in [5, 5.41) is 0. The molecule has 5 nitrogen and oxygen atoms in total. The maximum atomic E-state index is 11.3. The van der Waals surface area contributed by atoms with Crippen LogP contribution >= 0.6 is 0 Å². The average Bonchev–Trinajstić information content (AvgIpc) is 2.37. The van der Waals surface area contributed by atoms with Crippen LogP contribution in [0.5, 0.6) is 0 Å². The quantitative estimate of drug-likeness (QED) is 0.402. The first-order valence-electron chi connectivity index (χ1n) is 6.73. The van der Waals surface area contributed by atoms with Crippen LogP contribution in [0, 0.1) is 0 Å². The summed E-state index contributed by atoms with van der Waals surface area (Å²) in [7, 11) is 1.66. The zero-order valence-electron chi connectivity index (χ0n) is 11.5. The molecule has 0 atom stereocenters. The molecule has 0 aliphatic heterocycles. The van der Waals surface area contributed by atoms with Crippen molar-refractivity contribution in [2.75, 3.05) is 40.1 Å². The minimum atomic E-state index is -0.136. The Labute approximate surface area is 110 Å². The first kappa shape index (κ1) is 17.4. The van der Waals surface area contributed by atoms with E-state index in [4.69, 9.17) is 19.9 Å². The second-order valence-electron chi connectivity index (χ2n) is 4.13. The van der Waals surface area contributed by atoms with Crippen molar-refractivity contribution in [3.8, 4) is 0 Å². The molecule has 18 heavy (non-hydrogen) atoms. The molecule has 0 radical (unpaired) electrons. The second kappa shape index (κ2) is 14.4. The summed E-state index contributed by atoms with van der Waals surface area (Å²) in [6.45, 7) is 2.87. The van der Waals surface area contributed by atoms with Gasteiger partial charge in [0.25, 0.3) is 0 Å². The first-order chi connectivity index (χ1) is 8.81. The van der Waals surface area contributed by atoms with Gasteiger partial charge in [-0.15, -0.1) is 0 Å². The lowest BCUT2D eigenvalue weighted by Crippen LogP contribution is -2.11. The van der Waals surface area contributed by atoms with E-state index in [0.29, 0.717) is 32.8 Å². The number of unbranched alkanes of at least 4 members (excludes halogenated alkanes) is 3. The van der Waals surface area contributed by atoms with Crippen molar-refractivity contribution in [3.63, 3.8) is 0 Å². The summed E-state index contributed by atoms with van der Waals surface area (Å²) in [5.41, 5.74) is 5.38. The van der Waals surface area contributed by atoms with Gasteiger partial charge in [0.2, 0.25) is 0 Å². The number of rotatable bonds is 13. The van der Waals surface area contributed by atoms with Crippen molar-refractivity contribution in [1.29, 1.82) is 0 Å². The number of hydrogen-bond donors (Lipinski definition) is 1. The predicted molar refractivity (Wildman–Crippen MR) is 70.4 cm³/mol. The Hall–Kier alpha value is -0.650. The largest absolute Gasteiger partial charge is 0.463 e. The summed E-state index contributed by atoms with van der Waals surface area (Å²) < 4.78 is 15.2. The molecule has 0 spiro atoms. The Kier molecular flexibility index (Phi) is 13.9. The van der Waals surface area contributed by atoms with Crippen molar-refractivity contribution in [2.45, 2.75) is 38.5 Å². The highest BCUT2D eigenvalue weighted by Gasteiger charge is 2.02. The van der Waals surface area contributed by atoms with E-state index in [1.165, 1.54) is 0 Å². The van der Waals surface area contributed by atoms with E-state index >= 15 is 0 Å². The molecule has 0 fully saturated rings. The topological polar surface area (TPSA) is 70.8 Å². The molecular formula is C13H27NO4. The van der Waals surface area contributed by atoms with E-state index in [1.807, 2.05) is 0 Å². The van der Waals surface area contributed by atoms with Crippen LogP contribution in [0.25, 0.3) is 0 Å². The second-order valence-corrected chi connectivity index (χ2v) is 4.13. The SMILES string of the molecule is COCCCOCCOC(=O)CCCCCCN. The normalized spacial score (nSPS) is 10.6. The molecule has 0 unspecified atom stereocenters. The lowest BCUT2D eigenvalue weighted by atomic mass is 10.1. The van der Waals surface area contributed by atoms with Gasteiger partial charge in [0.1, 0.15) is 6.61 Å². The monoisotopic (exact) mass is 261 g/mol. The Morgan fingerprint density at radius 3 is 2.44 bits per heavy atom. The van der Waals surface area contributed by atoms with Gasteiger partial charge in [-0.2, -0.15) is 0 Å². The van der Waals surface area contributed by atoms with Gasteiger partial charge in [0, 0.05) is 26.7 Å². The van der Waals surface area contributed by atoms with Gasteiger partial charge in [-0.1, -0.05) is 12.8 Å². The molecule has 0 saturated carbocycles. The molecule has 0 bridgehead atoms. The number of hydrogen-bond acceptors (Lipinski definition) is 5. The van der Waals surface area contributed by atoms with Gasteiger partial charge in [0.05, 0.1) is 6.61 Å². The Bertz CT molecular complexity index is 188. The number of carbonyl (C=O) groups excluding carboxylic acids is 1. The third-order valence-electron chi connectivity index (χ3n) is 2.46. The maximum absolute atomic E-state index is 11.3. The molecule has 0 aliphatic carbocycles. The molecule has 5 heteroatoms. The van der Waals surface area contributed by atoms with Gasteiger partial charge in [0.15, 0.2) is 0 Å². The highest BCUT2D eigenvalue weighted by Crippen LogP contribution is 2.03. The lowest BCUT2D eigenvalue weighted by Gasteiger charge is -2.06. The molecule has 0 aromatic rings. The van der Waals surface area contributed by atoms with E-state index in [2.05, 4.69) is 0 Å². The van der Waals surface area contributed by atoms with Crippen LogP contribution in [0.4, 0.5) is 0 Å². The maximum Gasteiger partial charge on any atom is 0.305 e. The van der Waals surface area contributed by atoms with Gasteiger partial charge in [-0.25, -0.2) is 0 Å². The van der Waals surface area contributed by atoms with Crippen LogP contribution in [0.1, 0.15) is 38.5 Å². The fourth-order valence-electron chi connectivity index (χ4n) is 1.46. The highest BCUT2D eigenvalue weighted by atomic mass is 16.6. The minimum absolute atomic E-state index is 0.136. The molecular weight excluding hydrogens is 234 g/mol. The predicted octanol–water partition coefficient (Wildman–Crippen LogP) is 1.49. The van der Waals surface area contributed by atoms with Crippen molar-refractivity contribution in [1.82, 2.24) is 0 Å². The fraction of sp³-hybridized carbons (Fsp3) is 0.923. The zero-order valence-corrected chi connectivity index (χ0v) is 11.5. The Morgan fingerprint density at radius 2 is 1.72 bits per heavy atom. The standard InChI is InChI=1S/C13H27NO4/c1-16-9-6-10-17-11-12-18-13(15)7-4-2-3-5-8-14/h2-12,14H2,1H3. The van der Waals surface area contributed by atoms with Crippen molar-refractivity contribution < 1.29 is 19.0 Å². The van der Waals surface area contributed by atoms with Crippen LogP contribution in [-0.2, 0) is 19.0 Å². The number of esters is 1. The summed E-state index contributed by atoms with van der Waals surface area (Å²) in [5.74, 6) is -0.136. The third kappa shape index (κ3) is 13.4. The summed E-state index contributed by atoms with van der Waals surface area (Å²) in [6, 6.07) is 0. The number of carbonyl (C=O) groups is 1. The van der Waals surface area contributed by atoms with E-state index in [-0.39, 0.29) is 5.97 Å². The molecule has 0 heterocycles. The van der Waals surface area contributed by atoms with Crippen LogP contribution in [0.3, 0.4) is 0 Å². The van der Waals surface area contributed by atoms with Crippen molar-refractivity contribution >= 4 is 5.97 Å². The van der Waals surface area contributed by atoms with E-state index < -0.39 is 0 Å². The molecule has 0 aromatic carbocycles. The van der Waals surface area contributed by atoms with Crippen LogP contribution in [-0.4, -0.2) is 46.1 Å². The highest BCUT2D eigenvalue weighted by molar-refractivity contribution is 5.69. The van der Waals surface area contributed by atoms with Crippen LogP contribution in [0.2, 0.25) is 0 Å². The summed E-state index contributed by atoms with van der Waals surface area (Å²) in [6.07, 6.45) is 5.41. The van der Waals surface area contributed by atoms with E-state index in [9.17, 15) is 4.79 Å². The van der Waals surface area contributed by atoms with Crippen molar-refractivity contribution in [3.05, 3.63) is 0 Å². The van der Waals surface area contributed by atoms with E-state index in [1.54, 1.807) is 7.11 Å². The molecule has 0 aromatic heterocycles. The third-order valence-corrected chi connectivity index (χ3v) is 2.46. The molecule has 0 rings (SSSR count).